The lowest BCUT2D eigenvalue weighted by atomic mass is 9.99. The van der Waals surface area contributed by atoms with E-state index >= 15 is 0 Å². The van der Waals surface area contributed by atoms with Crippen LogP contribution < -0.4 is 5.32 Å². The monoisotopic (exact) mass is 275 g/mol. The van der Waals surface area contributed by atoms with Crippen molar-refractivity contribution in [2.75, 3.05) is 31.5 Å². The van der Waals surface area contributed by atoms with Gasteiger partial charge in [-0.3, -0.25) is 0 Å². The van der Waals surface area contributed by atoms with Crippen LogP contribution in [-0.4, -0.2) is 36.1 Å². The summed E-state index contributed by atoms with van der Waals surface area (Å²) < 4.78 is 1.26. The number of benzene rings is 1. The predicted molar refractivity (Wildman–Crippen MR) is 82.9 cm³/mol. The van der Waals surface area contributed by atoms with Gasteiger partial charge in [-0.1, -0.05) is 30.4 Å². The van der Waals surface area contributed by atoms with Gasteiger partial charge in [-0.15, -0.1) is 0 Å². The minimum atomic E-state index is 0.911. The molecule has 4 heteroatoms. The van der Waals surface area contributed by atoms with E-state index in [0.717, 1.165) is 29.7 Å². The molecule has 0 radical (unpaired) electrons. The van der Waals surface area contributed by atoms with E-state index in [0.29, 0.717) is 0 Å². The molecule has 1 fully saturated rings. The number of nitrogens with zero attached hydrogens (tertiary/aromatic N) is 2. The average Bonchev–Trinajstić information content (AvgIpc) is 2.83. The minimum Gasteiger partial charge on any atom is -0.360 e. The number of hydrogen-bond donors (Lipinski definition) is 1. The highest BCUT2D eigenvalue weighted by atomic mass is 32.1. The second kappa shape index (κ2) is 5.88. The Labute approximate surface area is 118 Å². The van der Waals surface area contributed by atoms with E-state index in [-0.39, 0.29) is 0 Å². The molecule has 0 atom stereocenters. The fourth-order valence-electron chi connectivity index (χ4n) is 2.55. The first-order valence-corrected chi connectivity index (χ1v) is 7.95. The van der Waals surface area contributed by atoms with Crippen molar-refractivity contribution in [1.82, 2.24) is 9.88 Å². The van der Waals surface area contributed by atoms with Crippen LogP contribution in [-0.2, 0) is 0 Å². The average molecular weight is 275 g/mol. The summed E-state index contributed by atoms with van der Waals surface area (Å²) in [6.45, 7) is 6.99. The molecule has 1 aliphatic rings. The molecule has 1 aromatic heterocycles. The Morgan fingerprint density at radius 1 is 1.32 bits per heavy atom. The van der Waals surface area contributed by atoms with Crippen molar-refractivity contribution >= 4 is 26.7 Å². The number of aromatic nitrogens is 1. The lowest BCUT2D eigenvalue weighted by molar-refractivity contribution is 0.199. The summed E-state index contributed by atoms with van der Waals surface area (Å²) in [6, 6.07) is 8.31. The number of thiazole rings is 1. The summed E-state index contributed by atoms with van der Waals surface area (Å²) >= 11 is 1.74. The maximum absolute atomic E-state index is 4.60. The van der Waals surface area contributed by atoms with E-state index in [9.17, 15) is 0 Å². The van der Waals surface area contributed by atoms with Crippen LogP contribution in [0.2, 0.25) is 0 Å². The molecule has 3 nitrogen and oxygen atoms in total. The molecule has 2 heterocycles. The third kappa shape index (κ3) is 3.25. The molecule has 1 saturated heterocycles. The molecule has 0 bridgehead atoms. The number of hydrogen-bond acceptors (Lipinski definition) is 4. The second-order valence-electron chi connectivity index (χ2n) is 5.44. The molecule has 3 rings (SSSR count). The zero-order chi connectivity index (χ0) is 13.1. The van der Waals surface area contributed by atoms with E-state index in [4.69, 9.17) is 0 Å². The largest absolute Gasteiger partial charge is 0.360 e. The number of fused-ring (bicyclic) bond motifs is 1. The summed E-state index contributed by atoms with van der Waals surface area (Å²) in [7, 11) is 0. The van der Waals surface area contributed by atoms with Gasteiger partial charge in [0.15, 0.2) is 5.13 Å². The molecule has 102 valence electrons. The quantitative estimate of drug-likeness (QED) is 0.926. The Morgan fingerprint density at radius 2 is 2.11 bits per heavy atom. The molecule has 0 unspecified atom stereocenters. The minimum absolute atomic E-state index is 0.911. The maximum Gasteiger partial charge on any atom is 0.183 e. The van der Waals surface area contributed by atoms with Crippen LogP contribution in [0.3, 0.4) is 0 Å². The molecule has 0 saturated carbocycles. The van der Waals surface area contributed by atoms with Crippen molar-refractivity contribution in [2.45, 2.75) is 19.8 Å². The van der Waals surface area contributed by atoms with Crippen molar-refractivity contribution in [2.24, 2.45) is 5.92 Å². The van der Waals surface area contributed by atoms with Crippen LogP contribution in [0.1, 0.15) is 19.8 Å². The van der Waals surface area contributed by atoms with Crippen LogP contribution in [0.5, 0.6) is 0 Å². The van der Waals surface area contributed by atoms with Gasteiger partial charge in [0.25, 0.3) is 0 Å². The highest BCUT2D eigenvalue weighted by Gasteiger charge is 2.14. The van der Waals surface area contributed by atoms with Gasteiger partial charge in [0.1, 0.15) is 0 Å². The first kappa shape index (κ1) is 12.9. The van der Waals surface area contributed by atoms with Gasteiger partial charge in [-0.05, 0) is 44.0 Å². The van der Waals surface area contributed by atoms with Crippen LogP contribution in [0, 0.1) is 5.92 Å². The smallest absolute Gasteiger partial charge is 0.183 e. The summed E-state index contributed by atoms with van der Waals surface area (Å²) in [6.07, 6.45) is 2.70. The van der Waals surface area contributed by atoms with Crippen LogP contribution >= 0.6 is 11.3 Å². The SMILES string of the molecule is CC1CCN(CCNc2nc3ccccc3s2)CC1. The Balaban J connectivity index is 1.49. The molecule has 2 aromatic rings. The van der Waals surface area contributed by atoms with Gasteiger partial charge < -0.3 is 10.2 Å². The predicted octanol–water partition coefficient (Wildman–Crippen LogP) is 3.44. The van der Waals surface area contributed by atoms with E-state index < -0.39 is 0 Å². The van der Waals surface area contributed by atoms with Crippen LogP contribution in [0.25, 0.3) is 10.2 Å². The van der Waals surface area contributed by atoms with Gasteiger partial charge >= 0.3 is 0 Å². The fraction of sp³-hybridized carbons (Fsp3) is 0.533. The van der Waals surface area contributed by atoms with Gasteiger partial charge in [0.2, 0.25) is 0 Å². The first-order valence-electron chi connectivity index (χ1n) is 7.13. The number of likely N-dealkylation sites (tertiary alicyclic amines) is 1. The second-order valence-corrected chi connectivity index (χ2v) is 6.47. The molecule has 0 aliphatic carbocycles. The van der Waals surface area contributed by atoms with Gasteiger partial charge in [0, 0.05) is 13.1 Å². The van der Waals surface area contributed by atoms with Crippen LogP contribution in [0.4, 0.5) is 5.13 Å². The number of para-hydroxylation sites is 1. The lowest BCUT2D eigenvalue weighted by Crippen LogP contribution is -2.36. The normalized spacial score (nSPS) is 17.9. The van der Waals surface area contributed by atoms with Crippen molar-refractivity contribution in [3.8, 4) is 0 Å². The van der Waals surface area contributed by atoms with E-state index in [1.54, 1.807) is 11.3 Å². The Bertz CT molecular complexity index is 496. The van der Waals surface area contributed by atoms with Gasteiger partial charge in [0.05, 0.1) is 10.2 Å². The van der Waals surface area contributed by atoms with Crippen molar-refractivity contribution < 1.29 is 0 Å². The number of anilines is 1. The summed E-state index contributed by atoms with van der Waals surface area (Å²) in [4.78, 5) is 7.15. The van der Waals surface area contributed by atoms with Crippen LogP contribution in [0.15, 0.2) is 24.3 Å². The molecule has 1 N–H and O–H groups in total. The van der Waals surface area contributed by atoms with Gasteiger partial charge in [-0.2, -0.15) is 0 Å². The first-order chi connectivity index (χ1) is 9.31. The highest BCUT2D eigenvalue weighted by Crippen LogP contribution is 2.25. The summed E-state index contributed by atoms with van der Waals surface area (Å²) in [5.74, 6) is 0.911. The third-order valence-electron chi connectivity index (χ3n) is 3.87. The topological polar surface area (TPSA) is 28.2 Å². The zero-order valence-corrected chi connectivity index (χ0v) is 12.2. The third-order valence-corrected chi connectivity index (χ3v) is 4.87. The molecule has 1 aliphatic heterocycles. The molecule has 19 heavy (non-hydrogen) atoms. The van der Waals surface area contributed by atoms with E-state index in [2.05, 4.69) is 40.3 Å². The number of piperidine rings is 1. The maximum atomic E-state index is 4.60. The summed E-state index contributed by atoms with van der Waals surface area (Å²) in [5, 5.41) is 4.51. The fourth-order valence-corrected chi connectivity index (χ4v) is 3.45. The number of rotatable bonds is 4. The van der Waals surface area contributed by atoms with Crippen molar-refractivity contribution in [3.63, 3.8) is 0 Å². The Hall–Kier alpha value is -1.13. The molecular formula is C15H21N3S. The standard InChI is InChI=1S/C15H21N3S/c1-12-6-9-18(10-7-12)11-8-16-15-17-13-4-2-3-5-14(13)19-15/h2-5,12H,6-11H2,1H3,(H,16,17). The van der Waals surface area contributed by atoms with Crippen molar-refractivity contribution in [3.05, 3.63) is 24.3 Å². The van der Waals surface area contributed by atoms with Gasteiger partial charge in [-0.25, -0.2) is 4.98 Å². The molecule has 0 spiro atoms. The highest BCUT2D eigenvalue weighted by molar-refractivity contribution is 7.22. The van der Waals surface area contributed by atoms with Crippen molar-refractivity contribution in [1.29, 1.82) is 0 Å². The molecular weight excluding hydrogens is 254 g/mol. The molecule has 0 amide bonds. The zero-order valence-electron chi connectivity index (χ0n) is 11.4. The van der Waals surface area contributed by atoms with E-state index in [1.165, 1.54) is 30.6 Å². The van der Waals surface area contributed by atoms with E-state index in [1.807, 2.05) is 6.07 Å². The Kier molecular flexibility index (Phi) is 3.99. The summed E-state index contributed by atoms with van der Waals surface area (Å²) in [5.41, 5.74) is 1.10. The Morgan fingerprint density at radius 3 is 2.89 bits per heavy atom. The molecule has 1 aromatic carbocycles. The lowest BCUT2D eigenvalue weighted by Gasteiger charge is -2.30. The number of nitrogens with one attached hydrogen (secondary N) is 1.